The van der Waals surface area contributed by atoms with E-state index < -0.39 is 17.7 Å². The van der Waals surface area contributed by atoms with Gasteiger partial charge < -0.3 is 5.11 Å². The van der Waals surface area contributed by atoms with E-state index in [1.165, 1.54) is 6.07 Å². The second kappa shape index (κ2) is 5.32. The fourth-order valence-corrected chi connectivity index (χ4v) is 2.76. The zero-order chi connectivity index (χ0) is 12.4. The van der Waals surface area contributed by atoms with Gasteiger partial charge in [0, 0.05) is 10.6 Å². The van der Waals surface area contributed by atoms with Crippen molar-refractivity contribution in [3.8, 4) is 0 Å². The van der Waals surface area contributed by atoms with Gasteiger partial charge in [-0.1, -0.05) is 30.9 Å². The summed E-state index contributed by atoms with van der Waals surface area (Å²) in [4.78, 5) is 0. The first-order valence-electron chi connectivity index (χ1n) is 5.92. The molecule has 1 unspecified atom stereocenters. The molecule has 1 saturated carbocycles. The average Bonchev–Trinajstić information content (AvgIpc) is 2.35. The lowest BCUT2D eigenvalue weighted by Crippen LogP contribution is -2.18. The Hall–Kier alpha value is -0.670. The summed E-state index contributed by atoms with van der Waals surface area (Å²) >= 11 is 5.85. The largest absolute Gasteiger partial charge is 0.388 e. The van der Waals surface area contributed by atoms with Crippen molar-refractivity contribution in [3.05, 3.63) is 34.4 Å². The van der Waals surface area contributed by atoms with Gasteiger partial charge in [-0.3, -0.25) is 0 Å². The molecule has 1 aliphatic rings. The lowest BCUT2D eigenvalue weighted by molar-refractivity contribution is 0.0810. The van der Waals surface area contributed by atoms with Crippen molar-refractivity contribution in [2.75, 3.05) is 0 Å². The third-order valence-electron chi connectivity index (χ3n) is 3.47. The molecule has 1 atom stereocenters. The Bertz CT molecular complexity index is 403. The van der Waals surface area contributed by atoms with Crippen molar-refractivity contribution in [1.82, 2.24) is 0 Å². The molecule has 0 aromatic heterocycles. The number of aliphatic hydroxyl groups excluding tert-OH is 1. The minimum absolute atomic E-state index is 0.0162. The molecule has 94 valence electrons. The molecule has 1 aliphatic carbocycles. The van der Waals surface area contributed by atoms with Crippen LogP contribution in [0.2, 0.25) is 5.02 Å². The zero-order valence-electron chi connectivity index (χ0n) is 9.43. The van der Waals surface area contributed by atoms with Crippen LogP contribution >= 0.6 is 11.6 Å². The first kappa shape index (κ1) is 12.8. The Balaban J connectivity index is 2.29. The van der Waals surface area contributed by atoms with E-state index in [2.05, 4.69) is 0 Å². The lowest BCUT2D eigenvalue weighted by Gasteiger charge is -2.27. The van der Waals surface area contributed by atoms with Crippen LogP contribution in [0.15, 0.2) is 12.1 Å². The van der Waals surface area contributed by atoms with E-state index in [0.717, 1.165) is 38.2 Å². The maximum absolute atomic E-state index is 13.6. The predicted molar refractivity (Wildman–Crippen MR) is 62.9 cm³/mol. The van der Waals surface area contributed by atoms with Crippen molar-refractivity contribution >= 4 is 11.6 Å². The highest BCUT2D eigenvalue weighted by Gasteiger charge is 2.28. The van der Waals surface area contributed by atoms with Gasteiger partial charge in [-0.2, -0.15) is 0 Å². The smallest absolute Gasteiger partial charge is 0.166 e. The van der Waals surface area contributed by atoms with Crippen LogP contribution in [0.3, 0.4) is 0 Å². The standard InChI is InChI=1S/C13H15ClF2O/c14-9-6-7-10(15)12(16)11(9)13(17)8-4-2-1-3-5-8/h6-8,13,17H,1-5H2. The Morgan fingerprint density at radius 2 is 1.82 bits per heavy atom. The molecule has 0 bridgehead atoms. The van der Waals surface area contributed by atoms with Crippen LogP contribution in [0.25, 0.3) is 0 Å². The molecule has 0 heterocycles. The summed E-state index contributed by atoms with van der Waals surface area (Å²) < 4.78 is 26.8. The minimum atomic E-state index is -1.02. The van der Waals surface area contributed by atoms with Gasteiger partial charge in [0.15, 0.2) is 11.6 Å². The highest BCUT2D eigenvalue weighted by Crippen LogP contribution is 2.38. The maximum atomic E-state index is 13.6. The van der Waals surface area contributed by atoms with Crippen LogP contribution in [-0.2, 0) is 0 Å². The molecule has 1 fully saturated rings. The van der Waals surface area contributed by atoms with Gasteiger partial charge in [0.25, 0.3) is 0 Å². The van der Waals surface area contributed by atoms with Gasteiger partial charge in [-0.15, -0.1) is 0 Å². The molecular formula is C13H15ClF2O. The van der Waals surface area contributed by atoms with Gasteiger partial charge in [0.2, 0.25) is 0 Å². The molecular weight excluding hydrogens is 246 g/mol. The summed E-state index contributed by atoms with van der Waals surface area (Å²) in [5, 5.41) is 10.2. The quantitative estimate of drug-likeness (QED) is 0.789. The zero-order valence-corrected chi connectivity index (χ0v) is 10.2. The Morgan fingerprint density at radius 3 is 2.47 bits per heavy atom. The second-order valence-electron chi connectivity index (χ2n) is 4.60. The van der Waals surface area contributed by atoms with Crippen molar-refractivity contribution < 1.29 is 13.9 Å². The Kier molecular flexibility index (Phi) is 4.00. The molecule has 1 N–H and O–H groups in total. The molecule has 0 saturated heterocycles. The van der Waals surface area contributed by atoms with Crippen LogP contribution in [0.1, 0.15) is 43.8 Å². The van der Waals surface area contributed by atoms with Gasteiger partial charge >= 0.3 is 0 Å². The Labute approximate surface area is 104 Å². The van der Waals surface area contributed by atoms with E-state index in [9.17, 15) is 13.9 Å². The molecule has 0 radical (unpaired) electrons. The van der Waals surface area contributed by atoms with Crippen molar-refractivity contribution in [1.29, 1.82) is 0 Å². The highest BCUT2D eigenvalue weighted by atomic mass is 35.5. The van der Waals surface area contributed by atoms with Crippen LogP contribution in [-0.4, -0.2) is 5.11 Å². The molecule has 0 amide bonds. The summed E-state index contributed by atoms with van der Waals surface area (Å²) in [6.07, 6.45) is 3.87. The summed E-state index contributed by atoms with van der Waals surface area (Å²) in [7, 11) is 0. The number of aliphatic hydroxyl groups is 1. The fourth-order valence-electron chi connectivity index (χ4n) is 2.50. The topological polar surface area (TPSA) is 20.2 Å². The first-order chi connectivity index (χ1) is 8.11. The number of hydrogen-bond acceptors (Lipinski definition) is 1. The maximum Gasteiger partial charge on any atom is 0.166 e. The summed E-state index contributed by atoms with van der Waals surface area (Å²) in [5.74, 6) is -1.99. The summed E-state index contributed by atoms with van der Waals surface area (Å²) in [6.45, 7) is 0. The average molecular weight is 261 g/mol. The van der Waals surface area contributed by atoms with Crippen LogP contribution < -0.4 is 0 Å². The van der Waals surface area contributed by atoms with Gasteiger partial charge in [0.1, 0.15) is 0 Å². The third kappa shape index (κ3) is 2.61. The van der Waals surface area contributed by atoms with Crippen molar-refractivity contribution in [2.45, 2.75) is 38.2 Å². The van der Waals surface area contributed by atoms with Gasteiger partial charge in [0.05, 0.1) is 6.10 Å². The van der Waals surface area contributed by atoms with E-state index >= 15 is 0 Å². The molecule has 0 spiro atoms. The SMILES string of the molecule is OC(c1c(Cl)ccc(F)c1F)C1CCCCC1. The highest BCUT2D eigenvalue weighted by molar-refractivity contribution is 6.31. The Morgan fingerprint density at radius 1 is 1.18 bits per heavy atom. The molecule has 0 aliphatic heterocycles. The summed E-state index contributed by atoms with van der Waals surface area (Å²) in [5.41, 5.74) is -0.0847. The lowest BCUT2D eigenvalue weighted by atomic mass is 9.82. The van der Waals surface area contributed by atoms with Crippen LogP contribution in [0, 0.1) is 17.6 Å². The first-order valence-corrected chi connectivity index (χ1v) is 6.30. The molecule has 4 heteroatoms. The minimum Gasteiger partial charge on any atom is -0.388 e. The van der Waals surface area contributed by atoms with E-state index in [1.807, 2.05) is 0 Å². The molecule has 17 heavy (non-hydrogen) atoms. The van der Waals surface area contributed by atoms with Gasteiger partial charge in [-0.05, 0) is 30.9 Å². The van der Waals surface area contributed by atoms with E-state index in [1.54, 1.807) is 0 Å². The van der Waals surface area contributed by atoms with E-state index in [0.29, 0.717) is 0 Å². The van der Waals surface area contributed by atoms with Crippen molar-refractivity contribution in [2.24, 2.45) is 5.92 Å². The predicted octanol–water partition coefficient (Wildman–Crippen LogP) is 4.23. The number of benzene rings is 1. The van der Waals surface area contributed by atoms with E-state index in [4.69, 9.17) is 11.6 Å². The second-order valence-corrected chi connectivity index (χ2v) is 5.01. The third-order valence-corrected chi connectivity index (χ3v) is 3.80. The number of rotatable bonds is 2. The van der Waals surface area contributed by atoms with Crippen LogP contribution in [0.4, 0.5) is 8.78 Å². The van der Waals surface area contributed by atoms with Crippen molar-refractivity contribution in [3.63, 3.8) is 0 Å². The fraction of sp³-hybridized carbons (Fsp3) is 0.538. The van der Waals surface area contributed by atoms with E-state index in [-0.39, 0.29) is 16.5 Å². The number of hydrogen-bond donors (Lipinski definition) is 1. The molecule has 1 aromatic carbocycles. The monoisotopic (exact) mass is 260 g/mol. The normalized spacial score (nSPS) is 19.3. The molecule has 2 rings (SSSR count). The molecule has 1 nitrogen and oxygen atoms in total. The molecule has 1 aromatic rings. The number of halogens is 3. The summed E-state index contributed by atoms with van der Waals surface area (Å²) in [6, 6.07) is 2.27. The van der Waals surface area contributed by atoms with Gasteiger partial charge in [-0.25, -0.2) is 8.78 Å². The van der Waals surface area contributed by atoms with Crippen LogP contribution in [0.5, 0.6) is 0 Å².